The Labute approximate surface area is 192 Å². The smallest absolute Gasteiger partial charge is 0.236 e. The summed E-state index contributed by atoms with van der Waals surface area (Å²) in [6.45, 7) is 6.21. The fraction of sp³-hybridized carbons (Fsp3) is 0.640. The lowest BCUT2D eigenvalue weighted by Crippen LogP contribution is -2.48. The predicted octanol–water partition coefficient (Wildman–Crippen LogP) is 2.83. The van der Waals surface area contributed by atoms with Crippen LogP contribution in [0, 0.1) is 11.8 Å². The summed E-state index contributed by atoms with van der Waals surface area (Å²) in [4.78, 5) is 43.8. The van der Waals surface area contributed by atoms with E-state index in [1.807, 2.05) is 47.2 Å². The highest BCUT2D eigenvalue weighted by Crippen LogP contribution is 2.22. The summed E-state index contributed by atoms with van der Waals surface area (Å²) in [5, 5.41) is 2.97. The number of piperidine rings is 2. The summed E-state index contributed by atoms with van der Waals surface area (Å²) in [7, 11) is 1.90. The molecule has 0 unspecified atom stereocenters. The zero-order valence-electron chi connectivity index (χ0n) is 19.6. The molecule has 1 aromatic rings. The molecule has 32 heavy (non-hydrogen) atoms. The van der Waals surface area contributed by atoms with Crippen molar-refractivity contribution in [1.82, 2.24) is 14.7 Å². The number of nitrogens with zero attached hydrogens (tertiary/aromatic N) is 3. The first-order chi connectivity index (χ1) is 15.5. The minimum absolute atomic E-state index is 0.0407. The van der Waals surface area contributed by atoms with Crippen LogP contribution in [0.25, 0.3) is 0 Å². The second-order valence-electron chi connectivity index (χ2n) is 9.17. The number of hydrogen-bond donors (Lipinski definition) is 1. The van der Waals surface area contributed by atoms with Gasteiger partial charge >= 0.3 is 0 Å². The molecule has 2 fully saturated rings. The van der Waals surface area contributed by atoms with Gasteiger partial charge < -0.3 is 15.1 Å². The average Bonchev–Trinajstić information content (AvgIpc) is 2.83. The molecule has 1 N–H and O–H groups in total. The van der Waals surface area contributed by atoms with Crippen molar-refractivity contribution < 1.29 is 14.4 Å². The highest BCUT2D eigenvalue weighted by Gasteiger charge is 2.31. The molecule has 0 bridgehead atoms. The number of rotatable bonds is 8. The van der Waals surface area contributed by atoms with E-state index in [1.54, 1.807) is 0 Å². The lowest BCUT2D eigenvalue weighted by molar-refractivity contribution is -0.137. The summed E-state index contributed by atoms with van der Waals surface area (Å²) in [5.74, 6) is 0.462. The van der Waals surface area contributed by atoms with Crippen molar-refractivity contribution in [1.29, 1.82) is 0 Å². The van der Waals surface area contributed by atoms with Gasteiger partial charge in [-0.25, -0.2) is 0 Å². The first-order valence-electron chi connectivity index (χ1n) is 12.1. The van der Waals surface area contributed by atoms with Crippen molar-refractivity contribution in [3.8, 4) is 0 Å². The van der Waals surface area contributed by atoms with Crippen LogP contribution in [-0.4, -0.2) is 78.7 Å². The largest absolute Gasteiger partial charge is 0.346 e. The molecule has 0 spiro atoms. The number of likely N-dealkylation sites (tertiary alicyclic amines) is 2. The first kappa shape index (κ1) is 24.2. The molecule has 2 aliphatic heterocycles. The maximum atomic E-state index is 12.8. The van der Waals surface area contributed by atoms with E-state index < -0.39 is 0 Å². The number of anilines is 1. The van der Waals surface area contributed by atoms with Gasteiger partial charge in [-0.2, -0.15) is 0 Å². The van der Waals surface area contributed by atoms with Crippen LogP contribution in [0.2, 0.25) is 0 Å². The number of hydrogen-bond acceptors (Lipinski definition) is 4. The van der Waals surface area contributed by atoms with Gasteiger partial charge in [-0.1, -0.05) is 31.5 Å². The number of para-hydroxylation sites is 1. The Kier molecular flexibility index (Phi) is 9.09. The Hall–Kier alpha value is -2.41. The molecular weight excluding hydrogens is 404 g/mol. The van der Waals surface area contributed by atoms with Crippen LogP contribution in [0.15, 0.2) is 30.3 Å². The van der Waals surface area contributed by atoms with Crippen LogP contribution in [0.4, 0.5) is 5.69 Å². The standard InChI is InChI=1S/C25H38N4O3/c1-3-4-14-27(2)25(32)21-10-15-28(16-11-21)19-23(30)29-17-12-20(13-18-29)24(31)26-22-8-6-5-7-9-22/h5-9,20-21H,3-4,10-19H2,1-2H3,(H,26,31). The van der Waals surface area contributed by atoms with Crippen molar-refractivity contribution in [3.05, 3.63) is 30.3 Å². The molecule has 0 atom stereocenters. The highest BCUT2D eigenvalue weighted by atomic mass is 16.2. The second-order valence-corrected chi connectivity index (χ2v) is 9.17. The number of carbonyl (C=O) groups is 3. The number of unbranched alkanes of at least 4 members (excludes halogenated alkanes) is 1. The maximum absolute atomic E-state index is 12.8. The maximum Gasteiger partial charge on any atom is 0.236 e. The number of nitrogens with one attached hydrogen (secondary N) is 1. The fourth-order valence-electron chi connectivity index (χ4n) is 4.60. The molecule has 2 aliphatic rings. The number of carbonyl (C=O) groups excluding carboxylic acids is 3. The summed E-state index contributed by atoms with van der Waals surface area (Å²) >= 11 is 0. The molecule has 176 valence electrons. The molecular formula is C25H38N4O3. The quantitative estimate of drug-likeness (QED) is 0.672. The zero-order valence-corrected chi connectivity index (χ0v) is 19.6. The fourth-order valence-corrected chi connectivity index (χ4v) is 4.60. The number of amides is 3. The molecule has 0 aromatic heterocycles. The third-order valence-corrected chi connectivity index (χ3v) is 6.78. The van der Waals surface area contributed by atoms with Gasteiger partial charge in [-0.3, -0.25) is 19.3 Å². The Morgan fingerprint density at radius 1 is 0.969 bits per heavy atom. The minimum Gasteiger partial charge on any atom is -0.346 e. The van der Waals surface area contributed by atoms with E-state index in [1.165, 1.54) is 0 Å². The van der Waals surface area contributed by atoms with Crippen LogP contribution in [0.3, 0.4) is 0 Å². The first-order valence-corrected chi connectivity index (χ1v) is 12.1. The summed E-state index contributed by atoms with van der Waals surface area (Å²) in [6, 6.07) is 9.50. The topological polar surface area (TPSA) is 73.0 Å². The van der Waals surface area contributed by atoms with Gasteiger partial charge in [-0.15, -0.1) is 0 Å². The van der Waals surface area contributed by atoms with Gasteiger partial charge in [0.25, 0.3) is 0 Å². The Morgan fingerprint density at radius 3 is 2.22 bits per heavy atom. The van der Waals surface area contributed by atoms with Gasteiger partial charge in [0.05, 0.1) is 6.54 Å². The van der Waals surface area contributed by atoms with E-state index in [2.05, 4.69) is 17.1 Å². The highest BCUT2D eigenvalue weighted by molar-refractivity contribution is 5.92. The van der Waals surface area contributed by atoms with E-state index >= 15 is 0 Å². The van der Waals surface area contributed by atoms with Gasteiger partial charge in [0.2, 0.25) is 17.7 Å². The molecule has 1 aromatic carbocycles. The lowest BCUT2D eigenvalue weighted by Gasteiger charge is -2.36. The van der Waals surface area contributed by atoms with Crippen LogP contribution in [0.1, 0.15) is 45.4 Å². The molecule has 2 saturated heterocycles. The van der Waals surface area contributed by atoms with E-state index in [0.29, 0.717) is 32.5 Å². The van der Waals surface area contributed by atoms with Crippen LogP contribution in [-0.2, 0) is 14.4 Å². The lowest BCUT2D eigenvalue weighted by atomic mass is 9.94. The van der Waals surface area contributed by atoms with Gasteiger partial charge in [0.1, 0.15) is 0 Å². The molecule has 0 saturated carbocycles. The van der Waals surface area contributed by atoms with E-state index in [0.717, 1.165) is 51.0 Å². The number of benzene rings is 1. The van der Waals surface area contributed by atoms with Crippen molar-refractivity contribution in [2.45, 2.75) is 45.4 Å². The summed E-state index contributed by atoms with van der Waals surface area (Å²) in [6.07, 6.45) is 5.18. The van der Waals surface area contributed by atoms with E-state index in [4.69, 9.17) is 0 Å². The molecule has 3 rings (SSSR count). The average molecular weight is 443 g/mol. The molecule has 3 amide bonds. The molecule has 7 nitrogen and oxygen atoms in total. The molecule has 0 aliphatic carbocycles. The SMILES string of the molecule is CCCCN(C)C(=O)C1CCN(CC(=O)N2CCC(C(=O)Nc3ccccc3)CC2)CC1. The normalized spacial score (nSPS) is 18.4. The van der Waals surface area contributed by atoms with Crippen LogP contribution >= 0.6 is 0 Å². The van der Waals surface area contributed by atoms with Gasteiger partial charge in [0, 0.05) is 44.2 Å². The van der Waals surface area contributed by atoms with Gasteiger partial charge in [0.15, 0.2) is 0 Å². The molecule has 2 heterocycles. The third-order valence-electron chi connectivity index (χ3n) is 6.78. The van der Waals surface area contributed by atoms with Crippen molar-refractivity contribution >= 4 is 23.4 Å². The summed E-state index contributed by atoms with van der Waals surface area (Å²) < 4.78 is 0. The Balaban J connectivity index is 1.36. The van der Waals surface area contributed by atoms with Crippen LogP contribution < -0.4 is 5.32 Å². The van der Waals surface area contributed by atoms with Crippen LogP contribution in [0.5, 0.6) is 0 Å². The van der Waals surface area contributed by atoms with Gasteiger partial charge in [-0.05, 0) is 57.3 Å². The van der Waals surface area contributed by atoms with Crippen molar-refractivity contribution in [2.75, 3.05) is 51.6 Å². The molecule has 7 heteroatoms. The van der Waals surface area contributed by atoms with Crippen molar-refractivity contribution in [2.24, 2.45) is 11.8 Å². The predicted molar refractivity (Wildman–Crippen MR) is 126 cm³/mol. The van der Waals surface area contributed by atoms with Crippen molar-refractivity contribution in [3.63, 3.8) is 0 Å². The van der Waals surface area contributed by atoms with E-state index in [-0.39, 0.29) is 29.6 Å². The third kappa shape index (κ3) is 6.79. The molecule has 0 radical (unpaired) electrons. The minimum atomic E-state index is -0.0503. The van der Waals surface area contributed by atoms with E-state index in [9.17, 15) is 14.4 Å². The zero-order chi connectivity index (χ0) is 22.9. The Morgan fingerprint density at radius 2 is 1.59 bits per heavy atom. The monoisotopic (exact) mass is 442 g/mol. The second kappa shape index (κ2) is 12.0. The summed E-state index contributed by atoms with van der Waals surface area (Å²) in [5.41, 5.74) is 0.814. The Bertz CT molecular complexity index is 754.